The zero-order chi connectivity index (χ0) is 10.1. The molecule has 1 atom stereocenters. The van der Waals surface area contributed by atoms with Crippen LogP contribution in [-0.2, 0) is 9.53 Å². The van der Waals surface area contributed by atoms with Gasteiger partial charge in [-0.2, -0.15) is 0 Å². The molecule has 0 saturated carbocycles. The quantitative estimate of drug-likeness (QED) is 0.371. The van der Waals surface area contributed by atoms with Crippen molar-refractivity contribution in [3.8, 4) is 0 Å². The van der Waals surface area contributed by atoms with Crippen molar-refractivity contribution in [1.82, 2.24) is 5.32 Å². The van der Waals surface area contributed by atoms with Crippen molar-refractivity contribution in [3.05, 3.63) is 12.7 Å². The van der Waals surface area contributed by atoms with Crippen molar-refractivity contribution in [3.63, 3.8) is 0 Å². The van der Waals surface area contributed by atoms with Gasteiger partial charge < -0.3 is 10.1 Å². The molecule has 1 unspecified atom stereocenters. The van der Waals surface area contributed by atoms with Crippen LogP contribution in [0.4, 0.5) is 0 Å². The van der Waals surface area contributed by atoms with Crippen LogP contribution in [0, 0.1) is 0 Å². The molecular weight excluding hydrogens is 166 g/mol. The van der Waals surface area contributed by atoms with E-state index in [0.29, 0.717) is 13.0 Å². The molecule has 0 aliphatic rings. The third-order valence-electron chi connectivity index (χ3n) is 1.62. The highest BCUT2D eigenvalue weighted by atomic mass is 16.5. The van der Waals surface area contributed by atoms with Crippen LogP contribution in [0.15, 0.2) is 12.7 Å². The Labute approximate surface area is 80.2 Å². The van der Waals surface area contributed by atoms with E-state index >= 15 is 0 Å². The van der Waals surface area contributed by atoms with Crippen molar-refractivity contribution in [2.24, 2.45) is 0 Å². The second kappa shape index (κ2) is 7.80. The van der Waals surface area contributed by atoms with Crippen LogP contribution in [0.3, 0.4) is 0 Å². The van der Waals surface area contributed by atoms with E-state index in [1.165, 1.54) is 0 Å². The fourth-order valence-electron chi connectivity index (χ4n) is 0.974. The summed E-state index contributed by atoms with van der Waals surface area (Å²) in [5, 5.41) is 3.20. The first-order chi connectivity index (χ1) is 6.20. The molecule has 3 heteroatoms. The number of carbonyl (C=O) groups is 1. The van der Waals surface area contributed by atoms with Gasteiger partial charge in [0.05, 0.1) is 13.0 Å². The van der Waals surface area contributed by atoms with Crippen molar-refractivity contribution >= 4 is 5.97 Å². The monoisotopic (exact) mass is 185 g/mol. The Morgan fingerprint density at radius 2 is 2.38 bits per heavy atom. The predicted molar refractivity (Wildman–Crippen MR) is 53.5 cm³/mol. The van der Waals surface area contributed by atoms with E-state index in [1.54, 1.807) is 0 Å². The molecule has 3 nitrogen and oxygen atoms in total. The third kappa shape index (κ3) is 7.53. The van der Waals surface area contributed by atoms with Gasteiger partial charge in [-0.15, -0.1) is 6.58 Å². The lowest BCUT2D eigenvalue weighted by atomic mass is 10.2. The first kappa shape index (κ1) is 12.2. The molecule has 13 heavy (non-hydrogen) atoms. The molecule has 0 saturated heterocycles. The highest BCUT2D eigenvalue weighted by molar-refractivity contribution is 5.69. The maximum Gasteiger partial charge on any atom is 0.307 e. The van der Waals surface area contributed by atoms with Crippen LogP contribution in [0.5, 0.6) is 0 Å². The summed E-state index contributed by atoms with van der Waals surface area (Å²) in [5.74, 6) is -0.138. The third-order valence-corrected chi connectivity index (χ3v) is 1.62. The van der Waals surface area contributed by atoms with Gasteiger partial charge in [0.2, 0.25) is 0 Å². The summed E-state index contributed by atoms with van der Waals surface area (Å²) >= 11 is 0. The van der Waals surface area contributed by atoms with Crippen LogP contribution in [0.2, 0.25) is 0 Å². The fourth-order valence-corrected chi connectivity index (χ4v) is 0.974. The average Bonchev–Trinajstić information content (AvgIpc) is 2.05. The molecule has 0 fully saturated rings. The van der Waals surface area contributed by atoms with E-state index in [0.717, 1.165) is 13.0 Å². The minimum absolute atomic E-state index is 0.138. The van der Waals surface area contributed by atoms with Gasteiger partial charge in [0, 0.05) is 6.04 Å². The number of hydrogen-bond acceptors (Lipinski definition) is 3. The summed E-state index contributed by atoms with van der Waals surface area (Å²) in [6.07, 6.45) is 3.21. The topological polar surface area (TPSA) is 38.3 Å². The Kier molecular flexibility index (Phi) is 7.30. The normalized spacial score (nSPS) is 12.2. The molecule has 76 valence electrons. The maximum atomic E-state index is 11.0. The van der Waals surface area contributed by atoms with Gasteiger partial charge in [0.15, 0.2) is 0 Å². The van der Waals surface area contributed by atoms with E-state index in [-0.39, 0.29) is 12.0 Å². The van der Waals surface area contributed by atoms with Gasteiger partial charge >= 0.3 is 5.97 Å². The lowest BCUT2D eigenvalue weighted by molar-refractivity contribution is -0.143. The van der Waals surface area contributed by atoms with Crippen LogP contribution >= 0.6 is 0 Å². The van der Waals surface area contributed by atoms with Gasteiger partial charge in [-0.05, 0) is 26.8 Å². The largest absolute Gasteiger partial charge is 0.466 e. The smallest absolute Gasteiger partial charge is 0.307 e. The Morgan fingerprint density at radius 3 is 2.92 bits per heavy atom. The average molecular weight is 185 g/mol. The molecule has 0 spiro atoms. The predicted octanol–water partition coefficient (Wildman–Crippen LogP) is 1.49. The lowest BCUT2D eigenvalue weighted by Crippen LogP contribution is -2.29. The Bertz CT molecular complexity index is 157. The first-order valence-electron chi connectivity index (χ1n) is 4.70. The van der Waals surface area contributed by atoms with E-state index in [2.05, 4.69) is 11.9 Å². The zero-order valence-corrected chi connectivity index (χ0v) is 8.51. The highest BCUT2D eigenvalue weighted by Crippen LogP contribution is 1.94. The van der Waals surface area contributed by atoms with Crippen molar-refractivity contribution < 1.29 is 9.53 Å². The molecule has 0 aliphatic heterocycles. The SMILES string of the molecule is C=CCCNC(C)CC(=O)OCC. The first-order valence-corrected chi connectivity index (χ1v) is 4.70. The van der Waals surface area contributed by atoms with Gasteiger partial charge in [-0.3, -0.25) is 4.79 Å². The Balaban J connectivity index is 3.43. The minimum atomic E-state index is -0.138. The van der Waals surface area contributed by atoms with Crippen LogP contribution < -0.4 is 5.32 Å². The number of carbonyl (C=O) groups excluding carboxylic acids is 1. The highest BCUT2D eigenvalue weighted by Gasteiger charge is 2.07. The Morgan fingerprint density at radius 1 is 1.69 bits per heavy atom. The fraction of sp³-hybridized carbons (Fsp3) is 0.700. The molecule has 0 aromatic rings. The second-order valence-corrected chi connectivity index (χ2v) is 2.94. The summed E-state index contributed by atoms with van der Waals surface area (Å²) < 4.78 is 4.82. The summed E-state index contributed by atoms with van der Waals surface area (Å²) in [5.41, 5.74) is 0. The molecule has 0 amide bonds. The number of nitrogens with one attached hydrogen (secondary N) is 1. The van der Waals surface area contributed by atoms with E-state index in [4.69, 9.17) is 4.74 Å². The Hall–Kier alpha value is -0.830. The van der Waals surface area contributed by atoms with Crippen LogP contribution in [0.1, 0.15) is 26.7 Å². The number of rotatable bonds is 7. The lowest BCUT2D eigenvalue weighted by Gasteiger charge is -2.11. The molecule has 0 bridgehead atoms. The molecular formula is C10H19NO2. The van der Waals surface area contributed by atoms with Crippen LogP contribution in [-0.4, -0.2) is 25.2 Å². The van der Waals surface area contributed by atoms with Gasteiger partial charge in [0.1, 0.15) is 0 Å². The van der Waals surface area contributed by atoms with Crippen molar-refractivity contribution in [2.75, 3.05) is 13.2 Å². The van der Waals surface area contributed by atoms with E-state index < -0.39 is 0 Å². The maximum absolute atomic E-state index is 11.0. The summed E-state index contributed by atoms with van der Waals surface area (Å²) in [4.78, 5) is 11.0. The molecule has 0 rings (SSSR count). The molecule has 0 aromatic carbocycles. The molecule has 0 aliphatic carbocycles. The summed E-state index contributed by atoms with van der Waals surface area (Å²) in [6, 6.07) is 0.180. The van der Waals surface area contributed by atoms with Crippen molar-refractivity contribution in [1.29, 1.82) is 0 Å². The number of esters is 1. The summed E-state index contributed by atoms with van der Waals surface area (Å²) in [7, 11) is 0. The summed E-state index contributed by atoms with van der Waals surface area (Å²) in [6.45, 7) is 8.72. The molecule has 0 heterocycles. The number of ether oxygens (including phenoxy) is 1. The molecule has 0 aromatic heterocycles. The molecule has 1 N–H and O–H groups in total. The minimum Gasteiger partial charge on any atom is -0.466 e. The zero-order valence-electron chi connectivity index (χ0n) is 8.51. The van der Waals surface area contributed by atoms with Gasteiger partial charge in [-0.1, -0.05) is 6.08 Å². The second-order valence-electron chi connectivity index (χ2n) is 2.94. The van der Waals surface area contributed by atoms with Gasteiger partial charge in [-0.25, -0.2) is 0 Å². The van der Waals surface area contributed by atoms with Crippen LogP contribution in [0.25, 0.3) is 0 Å². The van der Waals surface area contributed by atoms with E-state index in [1.807, 2.05) is 19.9 Å². The standard InChI is InChI=1S/C10H19NO2/c1-4-6-7-11-9(3)8-10(12)13-5-2/h4,9,11H,1,5-8H2,2-3H3. The number of hydrogen-bond donors (Lipinski definition) is 1. The molecule has 0 radical (unpaired) electrons. The van der Waals surface area contributed by atoms with E-state index in [9.17, 15) is 4.79 Å². The van der Waals surface area contributed by atoms with Gasteiger partial charge in [0.25, 0.3) is 0 Å². The van der Waals surface area contributed by atoms with Crippen molar-refractivity contribution in [2.45, 2.75) is 32.7 Å².